The number of hydrogen-bond donors (Lipinski definition) is 1. The van der Waals surface area contributed by atoms with E-state index in [0.717, 1.165) is 16.2 Å². The molecule has 3 aromatic rings. The van der Waals surface area contributed by atoms with Gasteiger partial charge in [-0.3, -0.25) is 0 Å². The molecular weight excluding hydrogens is 408 g/mol. The molecule has 0 radical (unpaired) electrons. The highest BCUT2D eigenvalue weighted by molar-refractivity contribution is 7.10. The fourth-order valence-electron chi connectivity index (χ4n) is 2.68. The maximum absolute atomic E-state index is 14.3. The quantitative estimate of drug-likeness (QED) is 0.535. The monoisotopic (exact) mass is 425 g/mol. The van der Waals surface area contributed by atoms with Gasteiger partial charge in [0, 0.05) is 12.2 Å². The number of rotatable bonds is 8. The number of methoxy groups -OCH3 is 1. The Morgan fingerprint density at radius 1 is 1.11 bits per heavy atom. The number of aryl methyl sites for hydroxylation is 1. The summed E-state index contributed by atoms with van der Waals surface area (Å²) in [4.78, 5) is 0.785. The summed E-state index contributed by atoms with van der Waals surface area (Å²) in [5, 5.41) is 9.10. The van der Waals surface area contributed by atoms with E-state index in [1.807, 2.05) is 24.3 Å². The van der Waals surface area contributed by atoms with Gasteiger partial charge >= 0.3 is 0 Å². The maximum atomic E-state index is 14.3. The molecule has 2 aromatic carbocycles. The van der Waals surface area contributed by atoms with Crippen LogP contribution in [-0.4, -0.2) is 23.2 Å². The molecule has 0 aliphatic rings. The Hall–Kier alpha value is -2.22. The molecule has 28 heavy (non-hydrogen) atoms. The Morgan fingerprint density at radius 2 is 1.86 bits per heavy atom. The van der Waals surface area contributed by atoms with Crippen molar-refractivity contribution >= 4 is 23.1 Å². The number of ether oxygens (including phenoxy) is 2. The molecule has 0 saturated carbocycles. The van der Waals surface area contributed by atoms with Crippen LogP contribution in [-0.2, 0) is 13.0 Å². The summed E-state index contributed by atoms with van der Waals surface area (Å²) in [5.74, 6) is -1.50. The van der Waals surface area contributed by atoms with Crippen LogP contribution in [0.5, 0.6) is 11.5 Å². The SMILES string of the molecule is COc1ccc(-c2snc(Cl)c2COc2ccc(CCCO)c(F)c2F)cc1. The third-order valence-corrected chi connectivity index (χ3v) is 5.55. The summed E-state index contributed by atoms with van der Waals surface area (Å²) in [6.45, 7) is -0.139. The Balaban J connectivity index is 1.80. The van der Waals surface area contributed by atoms with Crippen LogP contribution in [0.1, 0.15) is 17.5 Å². The molecule has 0 aliphatic carbocycles. The summed E-state index contributed by atoms with van der Waals surface area (Å²) in [7, 11) is 1.58. The molecule has 0 amide bonds. The fourth-order valence-corrected chi connectivity index (χ4v) is 3.78. The molecule has 0 atom stereocenters. The molecule has 1 aromatic heterocycles. The van der Waals surface area contributed by atoms with Crippen LogP contribution in [0.15, 0.2) is 36.4 Å². The predicted molar refractivity (Wildman–Crippen MR) is 105 cm³/mol. The molecule has 0 unspecified atom stereocenters. The van der Waals surface area contributed by atoms with Crippen LogP contribution in [0.3, 0.4) is 0 Å². The first kappa shape index (κ1) is 20.5. The fraction of sp³-hybridized carbons (Fsp3) is 0.250. The van der Waals surface area contributed by atoms with Crippen LogP contribution in [0.4, 0.5) is 8.78 Å². The van der Waals surface area contributed by atoms with Crippen molar-refractivity contribution in [2.24, 2.45) is 0 Å². The lowest BCUT2D eigenvalue weighted by molar-refractivity contribution is 0.281. The van der Waals surface area contributed by atoms with Crippen molar-refractivity contribution in [3.05, 3.63) is 64.3 Å². The van der Waals surface area contributed by atoms with Crippen molar-refractivity contribution in [1.82, 2.24) is 4.37 Å². The number of aliphatic hydroxyl groups is 1. The molecule has 148 valence electrons. The minimum Gasteiger partial charge on any atom is -0.497 e. The summed E-state index contributed by atoms with van der Waals surface area (Å²) < 4.78 is 43.3. The topological polar surface area (TPSA) is 51.6 Å². The Morgan fingerprint density at radius 3 is 2.54 bits per heavy atom. The van der Waals surface area contributed by atoms with Gasteiger partial charge in [-0.25, -0.2) is 4.39 Å². The van der Waals surface area contributed by atoms with Crippen LogP contribution in [0.25, 0.3) is 10.4 Å². The third-order valence-electron chi connectivity index (χ3n) is 4.20. The van der Waals surface area contributed by atoms with E-state index in [9.17, 15) is 8.78 Å². The molecule has 4 nitrogen and oxygen atoms in total. The highest BCUT2D eigenvalue weighted by Crippen LogP contribution is 2.35. The molecule has 0 saturated heterocycles. The van der Waals surface area contributed by atoms with Gasteiger partial charge < -0.3 is 14.6 Å². The second-order valence-electron chi connectivity index (χ2n) is 5.98. The highest BCUT2D eigenvalue weighted by atomic mass is 35.5. The number of halogens is 3. The summed E-state index contributed by atoms with van der Waals surface area (Å²) in [5.41, 5.74) is 1.67. The second kappa shape index (κ2) is 9.32. The number of benzene rings is 2. The van der Waals surface area contributed by atoms with Gasteiger partial charge in [0.1, 0.15) is 17.5 Å². The predicted octanol–water partition coefficient (Wildman–Crippen LogP) is 5.25. The van der Waals surface area contributed by atoms with Crippen LogP contribution in [0.2, 0.25) is 5.15 Å². The molecule has 1 heterocycles. The van der Waals surface area contributed by atoms with Crippen LogP contribution >= 0.6 is 23.1 Å². The van der Waals surface area contributed by atoms with Gasteiger partial charge in [-0.15, -0.1) is 0 Å². The Bertz CT molecular complexity index is 947. The van der Waals surface area contributed by atoms with Crippen molar-refractivity contribution in [3.63, 3.8) is 0 Å². The maximum Gasteiger partial charge on any atom is 0.200 e. The molecule has 0 spiro atoms. The van der Waals surface area contributed by atoms with E-state index in [-0.39, 0.29) is 36.1 Å². The molecule has 1 N–H and O–H groups in total. The van der Waals surface area contributed by atoms with Crippen molar-refractivity contribution in [1.29, 1.82) is 0 Å². The Labute approximate surface area is 170 Å². The second-order valence-corrected chi connectivity index (χ2v) is 7.11. The standard InChI is InChI=1S/C20H18ClF2NO3S/c1-26-14-7-4-13(5-8-14)19-15(20(21)24-28-19)11-27-16-9-6-12(3-2-10-25)17(22)18(16)23/h4-9,25H,2-3,10-11H2,1H3. The van der Waals surface area contributed by atoms with Crippen molar-refractivity contribution in [2.75, 3.05) is 13.7 Å². The zero-order valence-electron chi connectivity index (χ0n) is 15.0. The normalized spacial score (nSPS) is 10.9. The van der Waals surface area contributed by atoms with Gasteiger partial charge in [-0.2, -0.15) is 8.76 Å². The number of aromatic nitrogens is 1. The molecule has 8 heteroatoms. The number of nitrogens with zero attached hydrogens (tertiary/aromatic N) is 1. The zero-order chi connectivity index (χ0) is 20.1. The first-order valence-electron chi connectivity index (χ1n) is 8.54. The van der Waals surface area contributed by atoms with E-state index < -0.39 is 11.6 Å². The van der Waals surface area contributed by atoms with Gasteiger partial charge in [0.2, 0.25) is 5.82 Å². The van der Waals surface area contributed by atoms with E-state index >= 15 is 0 Å². The van der Waals surface area contributed by atoms with Gasteiger partial charge in [-0.1, -0.05) is 17.7 Å². The van der Waals surface area contributed by atoms with E-state index in [1.54, 1.807) is 7.11 Å². The first-order valence-corrected chi connectivity index (χ1v) is 9.69. The van der Waals surface area contributed by atoms with Gasteiger partial charge in [-0.05, 0) is 65.8 Å². The van der Waals surface area contributed by atoms with Crippen molar-refractivity contribution in [2.45, 2.75) is 19.4 Å². The smallest absolute Gasteiger partial charge is 0.200 e. The average Bonchev–Trinajstić information content (AvgIpc) is 3.09. The van der Waals surface area contributed by atoms with Crippen LogP contribution in [0, 0.1) is 11.6 Å². The third kappa shape index (κ3) is 4.43. The van der Waals surface area contributed by atoms with Gasteiger partial charge in [0.25, 0.3) is 0 Å². The van der Waals surface area contributed by atoms with E-state index in [1.165, 1.54) is 23.7 Å². The molecule has 0 fully saturated rings. The van der Waals surface area contributed by atoms with Gasteiger partial charge in [0.05, 0.1) is 12.0 Å². The highest BCUT2D eigenvalue weighted by Gasteiger charge is 2.18. The summed E-state index contributed by atoms with van der Waals surface area (Å²) >= 11 is 7.38. The summed E-state index contributed by atoms with van der Waals surface area (Å²) in [6.07, 6.45) is 0.611. The summed E-state index contributed by atoms with van der Waals surface area (Å²) in [6, 6.07) is 10.2. The minimum absolute atomic E-state index is 0.0525. The average molecular weight is 426 g/mol. The van der Waals surface area contributed by atoms with Crippen LogP contribution < -0.4 is 9.47 Å². The zero-order valence-corrected chi connectivity index (χ0v) is 16.6. The molecule has 0 bridgehead atoms. The van der Waals surface area contributed by atoms with Crippen molar-refractivity contribution < 1.29 is 23.4 Å². The number of aliphatic hydroxyl groups excluding tert-OH is 1. The van der Waals surface area contributed by atoms with E-state index in [2.05, 4.69) is 4.37 Å². The molecule has 0 aliphatic heterocycles. The Kier molecular flexibility index (Phi) is 6.83. The lowest BCUT2D eigenvalue weighted by Crippen LogP contribution is -2.03. The molecule has 3 rings (SSSR count). The lowest BCUT2D eigenvalue weighted by Gasteiger charge is -2.11. The van der Waals surface area contributed by atoms with Gasteiger partial charge in [0.15, 0.2) is 11.6 Å². The largest absolute Gasteiger partial charge is 0.497 e. The van der Waals surface area contributed by atoms with E-state index in [0.29, 0.717) is 12.0 Å². The minimum atomic E-state index is -1.05. The molecular formula is C20H18ClF2NO3S. The van der Waals surface area contributed by atoms with E-state index in [4.69, 9.17) is 26.2 Å². The first-order chi connectivity index (χ1) is 13.5. The lowest BCUT2D eigenvalue weighted by atomic mass is 10.1. The number of hydrogen-bond acceptors (Lipinski definition) is 5. The van der Waals surface area contributed by atoms with Crippen molar-refractivity contribution in [3.8, 4) is 21.9 Å².